The van der Waals surface area contributed by atoms with E-state index in [1.165, 1.54) is 0 Å². The van der Waals surface area contributed by atoms with Crippen molar-refractivity contribution in [3.05, 3.63) is 22.1 Å². The van der Waals surface area contributed by atoms with Crippen LogP contribution in [0.2, 0.25) is 0 Å². The van der Waals surface area contributed by atoms with Crippen LogP contribution in [-0.2, 0) is 12.7 Å². The number of alkyl halides is 3. The predicted molar refractivity (Wildman–Crippen MR) is 73.0 cm³/mol. The van der Waals surface area contributed by atoms with Crippen molar-refractivity contribution in [3.8, 4) is 0 Å². The van der Waals surface area contributed by atoms with Gasteiger partial charge in [0.25, 0.3) is 5.56 Å². The molecule has 0 amide bonds. The van der Waals surface area contributed by atoms with Crippen LogP contribution in [0, 0.1) is 0 Å². The number of halogens is 3. The maximum Gasteiger partial charge on any atom is 0.423 e. The maximum atomic E-state index is 13.1. The van der Waals surface area contributed by atoms with E-state index in [2.05, 4.69) is 10.4 Å². The molecule has 1 saturated carbocycles. The average Bonchev–Trinajstić information content (AvgIpc) is 2.40. The van der Waals surface area contributed by atoms with Gasteiger partial charge >= 0.3 is 6.18 Å². The fraction of sp³-hybridized carbons (Fsp3) is 0.692. The van der Waals surface area contributed by atoms with E-state index < -0.39 is 17.3 Å². The highest BCUT2D eigenvalue weighted by molar-refractivity contribution is 5.50. The Labute approximate surface area is 120 Å². The molecule has 1 aromatic heterocycles. The summed E-state index contributed by atoms with van der Waals surface area (Å²) in [5.41, 5.74) is 3.26. The molecule has 0 spiro atoms. The van der Waals surface area contributed by atoms with Crippen LogP contribution in [0.15, 0.2) is 11.0 Å². The molecule has 5 nitrogen and oxygen atoms in total. The third kappa shape index (κ3) is 3.55. The molecular formula is C13H19F3N4O. The maximum absolute atomic E-state index is 13.1. The summed E-state index contributed by atoms with van der Waals surface area (Å²) in [7, 11) is 0. The number of nitrogens with one attached hydrogen (secondary N) is 1. The Morgan fingerprint density at radius 1 is 1.38 bits per heavy atom. The second-order valence-electron chi connectivity index (χ2n) is 5.31. The Hall–Kier alpha value is -1.57. The molecule has 2 rings (SSSR count). The molecule has 118 valence electrons. The second kappa shape index (κ2) is 6.05. The normalized spacial score (nSPS) is 23.1. The van der Waals surface area contributed by atoms with Gasteiger partial charge in [0.15, 0.2) is 0 Å². The third-order valence-electron chi connectivity index (χ3n) is 3.76. The summed E-state index contributed by atoms with van der Waals surface area (Å²) in [6.07, 6.45) is -0.714. The van der Waals surface area contributed by atoms with E-state index in [4.69, 9.17) is 5.73 Å². The lowest BCUT2D eigenvalue weighted by molar-refractivity contribution is -0.138. The van der Waals surface area contributed by atoms with Gasteiger partial charge in [-0.1, -0.05) is 0 Å². The quantitative estimate of drug-likeness (QED) is 0.895. The number of anilines is 1. The van der Waals surface area contributed by atoms with Crippen molar-refractivity contribution in [2.45, 2.75) is 57.4 Å². The average molecular weight is 304 g/mol. The first-order valence-corrected chi connectivity index (χ1v) is 7.02. The van der Waals surface area contributed by atoms with Crippen LogP contribution < -0.4 is 16.6 Å². The Kier molecular flexibility index (Phi) is 4.55. The van der Waals surface area contributed by atoms with Crippen LogP contribution in [-0.4, -0.2) is 21.9 Å². The number of hydrogen-bond acceptors (Lipinski definition) is 4. The summed E-state index contributed by atoms with van der Waals surface area (Å²) in [5, 5.41) is 6.59. The highest BCUT2D eigenvalue weighted by atomic mass is 19.4. The zero-order valence-electron chi connectivity index (χ0n) is 11.8. The standard InChI is InChI=1S/C13H19F3N4O/c1-2-20-12(21)11(13(14,15)16)10(7-18-20)19-9-5-3-8(17)4-6-9/h7-9,19H,2-6,17H2,1H3. The van der Waals surface area contributed by atoms with Crippen LogP contribution in [0.3, 0.4) is 0 Å². The van der Waals surface area contributed by atoms with E-state index in [-0.39, 0.29) is 24.3 Å². The zero-order chi connectivity index (χ0) is 15.6. The number of nitrogens with zero attached hydrogens (tertiary/aromatic N) is 2. The van der Waals surface area contributed by atoms with E-state index >= 15 is 0 Å². The molecule has 3 N–H and O–H groups in total. The van der Waals surface area contributed by atoms with Crippen LogP contribution >= 0.6 is 0 Å². The summed E-state index contributed by atoms with van der Waals surface area (Å²) in [5.74, 6) is 0. The van der Waals surface area contributed by atoms with Gasteiger partial charge in [-0.3, -0.25) is 4.79 Å². The van der Waals surface area contributed by atoms with E-state index in [0.717, 1.165) is 23.7 Å². The zero-order valence-corrected chi connectivity index (χ0v) is 11.8. The lowest BCUT2D eigenvalue weighted by Gasteiger charge is -2.28. The molecular weight excluding hydrogens is 285 g/mol. The Morgan fingerprint density at radius 2 is 2.00 bits per heavy atom. The van der Waals surface area contributed by atoms with Gasteiger partial charge in [-0.05, 0) is 32.6 Å². The molecule has 1 aromatic rings. The lowest BCUT2D eigenvalue weighted by atomic mass is 9.91. The van der Waals surface area contributed by atoms with E-state index in [0.29, 0.717) is 12.8 Å². The molecule has 1 aliphatic rings. The molecule has 21 heavy (non-hydrogen) atoms. The number of rotatable bonds is 3. The summed E-state index contributed by atoms with van der Waals surface area (Å²) in [6, 6.07) is 0.000862. The van der Waals surface area contributed by atoms with Gasteiger partial charge in [0.2, 0.25) is 0 Å². The van der Waals surface area contributed by atoms with E-state index in [9.17, 15) is 18.0 Å². The Morgan fingerprint density at radius 3 is 2.52 bits per heavy atom. The van der Waals surface area contributed by atoms with Crippen molar-refractivity contribution < 1.29 is 13.2 Å². The lowest BCUT2D eigenvalue weighted by Crippen LogP contribution is -2.36. The highest BCUT2D eigenvalue weighted by Crippen LogP contribution is 2.33. The first-order valence-electron chi connectivity index (χ1n) is 7.02. The molecule has 1 heterocycles. The van der Waals surface area contributed by atoms with Gasteiger partial charge < -0.3 is 11.1 Å². The Bertz CT molecular complexity index is 547. The summed E-state index contributed by atoms with van der Waals surface area (Å²) in [4.78, 5) is 11.9. The summed E-state index contributed by atoms with van der Waals surface area (Å²) >= 11 is 0. The van der Waals surface area contributed by atoms with Gasteiger partial charge in [-0.25, -0.2) is 4.68 Å². The predicted octanol–water partition coefficient (Wildman–Crippen LogP) is 1.96. The van der Waals surface area contributed by atoms with Crippen LogP contribution in [0.1, 0.15) is 38.2 Å². The van der Waals surface area contributed by atoms with Crippen molar-refractivity contribution in [1.82, 2.24) is 9.78 Å². The van der Waals surface area contributed by atoms with Crippen molar-refractivity contribution >= 4 is 5.69 Å². The number of nitrogens with two attached hydrogens (primary N) is 1. The molecule has 0 aromatic carbocycles. The van der Waals surface area contributed by atoms with Crippen molar-refractivity contribution in [1.29, 1.82) is 0 Å². The van der Waals surface area contributed by atoms with E-state index in [1.54, 1.807) is 6.92 Å². The van der Waals surface area contributed by atoms with Crippen LogP contribution in [0.5, 0.6) is 0 Å². The van der Waals surface area contributed by atoms with Gasteiger partial charge in [0.1, 0.15) is 5.56 Å². The number of aromatic nitrogens is 2. The third-order valence-corrected chi connectivity index (χ3v) is 3.76. The van der Waals surface area contributed by atoms with Crippen LogP contribution in [0.4, 0.5) is 18.9 Å². The van der Waals surface area contributed by atoms with Gasteiger partial charge in [-0.2, -0.15) is 18.3 Å². The minimum absolute atomic E-state index is 0.0977. The van der Waals surface area contributed by atoms with Gasteiger partial charge in [-0.15, -0.1) is 0 Å². The first kappa shape index (κ1) is 15.8. The largest absolute Gasteiger partial charge is 0.423 e. The fourth-order valence-corrected chi connectivity index (χ4v) is 2.58. The molecule has 0 radical (unpaired) electrons. The van der Waals surface area contributed by atoms with E-state index in [1.807, 2.05) is 0 Å². The molecule has 0 bridgehead atoms. The van der Waals surface area contributed by atoms with Crippen molar-refractivity contribution in [2.75, 3.05) is 5.32 Å². The molecule has 0 unspecified atom stereocenters. The Balaban J connectivity index is 2.31. The van der Waals surface area contributed by atoms with Crippen molar-refractivity contribution in [2.24, 2.45) is 5.73 Å². The van der Waals surface area contributed by atoms with Crippen LogP contribution in [0.25, 0.3) is 0 Å². The minimum Gasteiger partial charge on any atom is -0.380 e. The minimum atomic E-state index is -4.70. The topological polar surface area (TPSA) is 72.9 Å². The first-order chi connectivity index (χ1) is 9.82. The smallest absolute Gasteiger partial charge is 0.380 e. The molecule has 0 aliphatic heterocycles. The van der Waals surface area contributed by atoms with Crippen molar-refractivity contribution in [3.63, 3.8) is 0 Å². The SMILES string of the molecule is CCn1ncc(NC2CCC(N)CC2)c(C(F)(F)F)c1=O. The summed E-state index contributed by atoms with van der Waals surface area (Å²) < 4.78 is 40.2. The second-order valence-corrected chi connectivity index (χ2v) is 5.31. The number of aryl methyl sites for hydroxylation is 1. The highest BCUT2D eigenvalue weighted by Gasteiger charge is 2.38. The molecule has 0 saturated heterocycles. The van der Waals surface area contributed by atoms with Gasteiger partial charge in [0.05, 0.1) is 11.9 Å². The molecule has 8 heteroatoms. The monoisotopic (exact) mass is 304 g/mol. The summed E-state index contributed by atoms with van der Waals surface area (Å²) in [6.45, 7) is 1.67. The van der Waals surface area contributed by atoms with Gasteiger partial charge in [0, 0.05) is 18.6 Å². The molecule has 0 atom stereocenters. The molecule has 1 aliphatic carbocycles. The molecule has 1 fully saturated rings. The number of hydrogen-bond donors (Lipinski definition) is 2. The fourth-order valence-electron chi connectivity index (χ4n) is 2.58.